The Balaban J connectivity index is 1.11. The molecule has 28 heteroatoms. The van der Waals surface area contributed by atoms with Gasteiger partial charge in [-0.3, -0.25) is 18.2 Å². The zero-order valence-corrected chi connectivity index (χ0v) is 42.9. The van der Waals surface area contributed by atoms with Crippen LogP contribution < -0.4 is 24.3 Å². The summed E-state index contributed by atoms with van der Waals surface area (Å²) >= 11 is 0. The molecule has 0 saturated carbocycles. The predicted octanol–water partition coefficient (Wildman–Crippen LogP) is 11.3. The third kappa shape index (κ3) is 12.5. The van der Waals surface area contributed by atoms with Crippen molar-refractivity contribution in [3.8, 4) is 28.7 Å². The highest BCUT2D eigenvalue weighted by atomic mass is 32.2. The van der Waals surface area contributed by atoms with Crippen LogP contribution in [0.1, 0.15) is 6.42 Å². The maximum Gasteiger partial charge on any atom is 0.296 e. The Bertz CT molecular complexity index is 4180. The van der Waals surface area contributed by atoms with Gasteiger partial charge in [-0.15, -0.1) is 25.6 Å². The number of phenols is 1. The average Bonchev–Trinajstić information content (AvgIpc) is 3.37. The number of anilines is 2. The molecule has 8 aromatic carbocycles. The number of fused-ring (bicyclic) bond motifs is 3. The molecule has 0 unspecified atom stereocenters. The fourth-order valence-corrected chi connectivity index (χ4v) is 9.77. The summed E-state index contributed by atoms with van der Waals surface area (Å²) < 4.78 is 158. The van der Waals surface area contributed by atoms with Gasteiger partial charge in [-0.05, 0) is 114 Å². The third-order valence-corrected chi connectivity index (χ3v) is 14.6. The van der Waals surface area contributed by atoms with Gasteiger partial charge in [-0.1, -0.05) is 6.07 Å². The normalized spacial score (nSPS) is 12.6. The van der Waals surface area contributed by atoms with Crippen LogP contribution in [0.25, 0.3) is 32.3 Å². The molecule has 0 aliphatic rings. The summed E-state index contributed by atoms with van der Waals surface area (Å²) in [7, 11) is -14.6. The summed E-state index contributed by atoms with van der Waals surface area (Å²) in [6.07, 6.45) is -0.117. The molecular weight excluding hydrogens is 1070 g/mol. The first-order valence-corrected chi connectivity index (χ1v) is 27.7. The largest absolute Gasteiger partial charge is 0.505 e. The van der Waals surface area contributed by atoms with E-state index in [-0.39, 0.29) is 85.6 Å². The Morgan fingerprint density at radius 1 is 0.474 bits per heavy atom. The van der Waals surface area contributed by atoms with E-state index in [0.717, 1.165) is 24.3 Å². The number of benzene rings is 8. The minimum Gasteiger partial charge on any atom is -0.505 e. The molecule has 0 aromatic heterocycles. The van der Waals surface area contributed by atoms with Crippen molar-refractivity contribution >= 4 is 118 Å². The SMILES string of the molecule is COc1ccc(Nc2ccc3c(O)c(N=Nc4ccc(N=Nc5cc(OC)c(N=Nc6ccc7c(OCCCS(=O)(=O)O)cc(S(=O)(=O)O)cc7c6)cc5OC)c5ccc(S(=O)(=O)O)cc45)c(S(=O)(=O)O)cc3c2)cc1. The number of methoxy groups -OCH3 is 3. The first-order valence-electron chi connectivity index (χ1n) is 21.8. The highest BCUT2D eigenvalue weighted by Gasteiger charge is 2.23. The standard InChI is InChI=1S/C48H41N7O17S4/c1-69-32-9-5-29(6-10-32)49-30-7-13-36-28(19-30)22-46(76(66,67)68)47(48(36)56)55-52-40-16-15-39(37-14-11-33(23-38(37)40)74(60,61)62)51-54-42-26-44(70-2)41(25-45(42)71-3)53-50-31-8-12-35-27(20-31)21-34(75(63,64)65)24-43(35)72-17-4-18-73(57,58)59/h5-16,19-26,49,56H,4,17-18H2,1-3H3,(H,57,58,59)(H,60,61,62)(H,63,64,65)(H,66,67,68). The van der Waals surface area contributed by atoms with Crippen LogP contribution in [-0.4, -0.2) is 90.7 Å². The number of phenolic OH excluding ortho intramolecular Hbond substituents is 1. The second-order valence-electron chi connectivity index (χ2n) is 16.2. The lowest BCUT2D eigenvalue weighted by molar-refractivity contribution is 0.319. The van der Waals surface area contributed by atoms with Gasteiger partial charge in [-0.25, -0.2) is 0 Å². The molecule has 24 nitrogen and oxygen atoms in total. The van der Waals surface area contributed by atoms with E-state index in [1.54, 1.807) is 36.4 Å². The Labute approximate surface area is 433 Å². The van der Waals surface area contributed by atoms with Gasteiger partial charge in [0.25, 0.3) is 40.5 Å². The van der Waals surface area contributed by atoms with Gasteiger partial charge in [0, 0.05) is 51.1 Å². The van der Waals surface area contributed by atoms with E-state index in [1.165, 1.54) is 82.0 Å². The van der Waals surface area contributed by atoms with Crippen LogP contribution in [0.2, 0.25) is 0 Å². The molecule has 0 aliphatic carbocycles. The zero-order valence-electron chi connectivity index (χ0n) is 39.6. The molecule has 8 rings (SSSR count). The van der Waals surface area contributed by atoms with Crippen molar-refractivity contribution in [2.24, 2.45) is 30.7 Å². The molecular formula is C48H41N7O17S4. The molecule has 0 heterocycles. The van der Waals surface area contributed by atoms with E-state index in [0.29, 0.717) is 22.5 Å². The second kappa shape index (κ2) is 21.6. The minimum absolute atomic E-state index is 0.00228. The second-order valence-corrected chi connectivity index (χ2v) is 22.0. The van der Waals surface area contributed by atoms with Gasteiger partial charge in [0.2, 0.25) is 0 Å². The maximum atomic E-state index is 12.8. The highest BCUT2D eigenvalue weighted by Crippen LogP contribution is 2.45. The van der Waals surface area contributed by atoms with Crippen molar-refractivity contribution in [1.82, 2.24) is 0 Å². The lowest BCUT2D eigenvalue weighted by Gasteiger charge is -2.12. The Morgan fingerprint density at radius 3 is 1.67 bits per heavy atom. The van der Waals surface area contributed by atoms with E-state index >= 15 is 0 Å². The molecule has 0 fully saturated rings. The first-order chi connectivity index (χ1) is 35.9. The predicted molar refractivity (Wildman–Crippen MR) is 278 cm³/mol. The number of ether oxygens (including phenoxy) is 4. The summed E-state index contributed by atoms with van der Waals surface area (Å²) in [5, 5.41) is 41.2. The monoisotopic (exact) mass is 1120 g/mol. The molecule has 8 aromatic rings. The number of rotatable bonds is 19. The van der Waals surface area contributed by atoms with Gasteiger partial charge in [0.15, 0.2) is 5.75 Å². The van der Waals surface area contributed by atoms with Crippen molar-refractivity contribution in [2.45, 2.75) is 21.1 Å². The molecule has 0 amide bonds. The lowest BCUT2D eigenvalue weighted by Crippen LogP contribution is -2.09. The average molecular weight is 1120 g/mol. The number of hydrogen-bond donors (Lipinski definition) is 6. The number of nitrogens with zero attached hydrogens (tertiary/aromatic N) is 6. The van der Waals surface area contributed by atoms with Crippen molar-refractivity contribution in [2.75, 3.05) is 39.0 Å². The summed E-state index contributed by atoms with van der Waals surface area (Å²) in [6.45, 7) is -0.213. The highest BCUT2D eigenvalue weighted by molar-refractivity contribution is 7.86. The summed E-state index contributed by atoms with van der Waals surface area (Å²) in [5.74, 6) is -0.386. The van der Waals surface area contributed by atoms with Gasteiger partial charge >= 0.3 is 0 Å². The van der Waals surface area contributed by atoms with Crippen LogP contribution in [-0.2, 0) is 40.5 Å². The minimum atomic E-state index is -5.05. The Morgan fingerprint density at radius 2 is 1.05 bits per heavy atom. The molecule has 0 bridgehead atoms. The topological polar surface area (TPSA) is 361 Å². The van der Waals surface area contributed by atoms with Crippen molar-refractivity contribution < 1.29 is 75.9 Å². The van der Waals surface area contributed by atoms with E-state index in [1.807, 2.05) is 0 Å². The fraction of sp³-hybridized carbons (Fsp3) is 0.125. The third-order valence-electron chi connectivity index (χ3n) is 11.2. The molecule has 0 radical (unpaired) electrons. The van der Waals surface area contributed by atoms with Crippen molar-refractivity contribution in [3.05, 3.63) is 121 Å². The lowest BCUT2D eigenvalue weighted by atomic mass is 10.1. The molecule has 0 aliphatic heterocycles. The van der Waals surface area contributed by atoms with Crippen LogP contribution in [0.5, 0.6) is 28.7 Å². The zero-order chi connectivity index (χ0) is 54.7. The van der Waals surface area contributed by atoms with E-state index < -0.39 is 72.3 Å². The van der Waals surface area contributed by atoms with Crippen molar-refractivity contribution in [1.29, 1.82) is 0 Å². The molecule has 0 spiro atoms. The number of nitrogens with one attached hydrogen (secondary N) is 1. The van der Waals surface area contributed by atoms with Crippen molar-refractivity contribution in [3.63, 3.8) is 0 Å². The Kier molecular flexibility index (Phi) is 15.3. The molecule has 0 atom stereocenters. The smallest absolute Gasteiger partial charge is 0.296 e. The number of hydrogen-bond acceptors (Lipinski definition) is 20. The van der Waals surface area contributed by atoms with E-state index in [4.69, 9.17) is 23.5 Å². The van der Waals surface area contributed by atoms with Gasteiger partial charge in [0.1, 0.15) is 45.0 Å². The summed E-state index contributed by atoms with van der Waals surface area (Å²) in [5.41, 5.74) is 0.996. The van der Waals surface area contributed by atoms with Gasteiger partial charge < -0.3 is 29.4 Å². The molecule has 394 valence electrons. The summed E-state index contributed by atoms with van der Waals surface area (Å²) in [4.78, 5) is -1.86. The number of aromatic hydroxyl groups is 1. The molecule has 76 heavy (non-hydrogen) atoms. The fourth-order valence-electron chi connectivity index (χ4n) is 7.59. The van der Waals surface area contributed by atoms with Gasteiger partial charge in [0.05, 0.1) is 60.5 Å². The van der Waals surface area contributed by atoms with Crippen LogP contribution in [0.15, 0.2) is 167 Å². The summed E-state index contributed by atoms with van der Waals surface area (Å²) in [6, 6.07) is 28.5. The van der Waals surface area contributed by atoms with Crippen LogP contribution in [0.3, 0.4) is 0 Å². The molecule has 0 saturated heterocycles. The number of azo groups is 3. The quantitative estimate of drug-likeness (QED) is 0.0249. The van der Waals surface area contributed by atoms with Crippen LogP contribution in [0.4, 0.5) is 45.5 Å². The van der Waals surface area contributed by atoms with Crippen LogP contribution >= 0.6 is 0 Å². The maximum absolute atomic E-state index is 12.8. The van der Waals surface area contributed by atoms with E-state index in [9.17, 15) is 52.4 Å². The van der Waals surface area contributed by atoms with Crippen LogP contribution in [0, 0.1) is 0 Å². The van der Waals surface area contributed by atoms with Gasteiger partial charge in [-0.2, -0.15) is 38.8 Å². The van der Waals surface area contributed by atoms with E-state index in [2.05, 4.69) is 36.0 Å². The molecule has 6 N–H and O–H groups in total. The first kappa shape index (κ1) is 54.1. The Hall–Kier alpha value is -8.22.